The van der Waals surface area contributed by atoms with Crippen LogP contribution in [0.5, 0.6) is 11.5 Å². The van der Waals surface area contributed by atoms with Crippen LogP contribution in [0.4, 0.5) is 11.4 Å². The van der Waals surface area contributed by atoms with Gasteiger partial charge >= 0.3 is 0 Å². The highest BCUT2D eigenvalue weighted by molar-refractivity contribution is 7.92. The summed E-state index contributed by atoms with van der Waals surface area (Å²) < 4.78 is 38.6. The van der Waals surface area contributed by atoms with E-state index >= 15 is 0 Å². The predicted molar refractivity (Wildman–Crippen MR) is 131 cm³/mol. The van der Waals surface area contributed by atoms with Crippen molar-refractivity contribution in [1.82, 2.24) is 0 Å². The Hall–Kier alpha value is -3.56. The number of Topliss-reactive ketones (excluding diaryl/α,β-unsaturated/α-hetero) is 1. The fourth-order valence-electron chi connectivity index (χ4n) is 3.17. The van der Waals surface area contributed by atoms with Gasteiger partial charge in [-0.2, -0.15) is 0 Å². The van der Waals surface area contributed by atoms with E-state index in [0.29, 0.717) is 22.0 Å². The maximum absolute atomic E-state index is 13.6. The first-order chi connectivity index (χ1) is 16.1. The van der Waals surface area contributed by atoms with Crippen LogP contribution < -0.4 is 19.1 Å². The third-order valence-electron chi connectivity index (χ3n) is 4.90. The Balaban J connectivity index is 1.97. The Bertz CT molecular complexity index is 1310. The molecule has 0 aliphatic rings. The molecule has 0 fully saturated rings. The summed E-state index contributed by atoms with van der Waals surface area (Å²) in [5.74, 6) is -0.164. The van der Waals surface area contributed by atoms with Crippen LogP contribution >= 0.6 is 11.6 Å². The number of nitrogens with zero attached hydrogens (tertiary/aromatic N) is 1. The fraction of sp³-hybridized carbons (Fsp3) is 0.167. The standard InChI is InChI=1S/C24H23ClN2O6S/c1-16(28)17-5-4-6-19(13-17)26-24(29)15-27(20-9-7-18(25)8-10-20)34(30,31)21-11-12-22(32-2)23(14-21)33-3/h4-14H,15H2,1-3H3,(H,26,29). The minimum absolute atomic E-state index is 0.0912. The minimum Gasteiger partial charge on any atom is -0.493 e. The topological polar surface area (TPSA) is 102 Å². The van der Waals surface area contributed by atoms with Crippen LogP contribution in [0.3, 0.4) is 0 Å². The number of carbonyl (C=O) groups excluding carboxylic acids is 2. The normalized spacial score (nSPS) is 10.9. The summed E-state index contributed by atoms with van der Waals surface area (Å²) in [4.78, 5) is 24.4. The average molecular weight is 503 g/mol. The van der Waals surface area contributed by atoms with Crippen molar-refractivity contribution < 1.29 is 27.5 Å². The molecule has 3 rings (SSSR count). The second-order valence-corrected chi connectivity index (χ2v) is 9.49. The molecule has 3 aromatic rings. The van der Waals surface area contributed by atoms with Crippen molar-refractivity contribution in [3.8, 4) is 11.5 Å². The number of ether oxygens (including phenoxy) is 2. The molecule has 0 radical (unpaired) electrons. The summed E-state index contributed by atoms with van der Waals surface area (Å²) in [5.41, 5.74) is 1.04. The molecular formula is C24H23ClN2O6S. The highest BCUT2D eigenvalue weighted by Crippen LogP contribution is 2.32. The van der Waals surface area contributed by atoms with E-state index < -0.39 is 22.5 Å². The molecular weight excluding hydrogens is 480 g/mol. The summed E-state index contributed by atoms with van der Waals surface area (Å²) in [6.07, 6.45) is 0. The minimum atomic E-state index is -4.19. The largest absolute Gasteiger partial charge is 0.493 e. The van der Waals surface area contributed by atoms with Gasteiger partial charge in [0.1, 0.15) is 6.54 Å². The Morgan fingerprint density at radius 2 is 1.62 bits per heavy atom. The van der Waals surface area contributed by atoms with Crippen LogP contribution in [-0.2, 0) is 14.8 Å². The number of hydrogen-bond acceptors (Lipinski definition) is 6. The van der Waals surface area contributed by atoms with Crippen molar-refractivity contribution in [2.75, 3.05) is 30.4 Å². The number of hydrogen-bond donors (Lipinski definition) is 1. The quantitative estimate of drug-likeness (QED) is 0.435. The number of benzene rings is 3. The SMILES string of the molecule is COc1ccc(S(=O)(=O)N(CC(=O)Nc2cccc(C(C)=O)c2)c2ccc(Cl)cc2)cc1OC. The van der Waals surface area contributed by atoms with Gasteiger partial charge in [-0.1, -0.05) is 23.7 Å². The molecule has 0 atom stereocenters. The predicted octanol–water partition coefficient (Wildman–Crippen LogP) is 4.39. The Morgan fingerprint density at radius 3 is 2.24 bits per heavy atom. The molecule has 0 saturated heterocycles. The van der Waals surface area contributed by atoms with Crippen molar-refractivity contribution >= 4 is 44.7 Å². The molecule has 0 aromatic heterocycles. The average Bonchev–Trinajstić information content (AvgIpc) is 2.82. The summed E-state index contributed by atoms with van der Waals surface area (Å²) in [6.45, 7) is 0.890. The third kappa shape index (κ3) is 5.67. The van der Waals surface area contributed by atoms with E-state index in [1.54, 1.807) is 18.2 Å². The second kappa shape index (κ2) is 10.6. The molecule has 3 aromatic carbocycles. The van der Waals surface area contributed by atoms with E-state index in [9.17, 15) is 18.0 Å². The lowest BCUT2D eigenvalue weighted by atomic mass is 10.1. The molecule has 0 saturated carbocycles. The summed E-state index contributed by atoms with van der Waals surface area (Å²) in [7, 11) is -1.36. The van der Waals surface area contributed by atoms with E-state index in [2.05, 4.69) is 5.32 Å². The van der Waals surface area contributed by atoms with Crippen molar-refractivity contribution in [1.29, 1.82) is 0 Å². The number of amides is 1. The third-order valence-corrected chi connectivity index (χ3v) is 6.92. The van der Waals surface area contributed by atoms with Gasteiger partial charge in [-0.3, -0.25) is 13.9 Å². The van der Waals surface area contributed by atoms with Gasteiger partial charge in [-0.25, -0.2) is 8.42 Å². The van der Waals surface area contributed by atoms with Crippen LogP contribution in [0.15, 0.2) is 71.6 Å². The highest BCUT2D eigenvalue weighted by atomic mass is 35.5. The van der Waals surface area contributed by atoms with Gasteiger partial charge < -0.3 is 14.8 Å². The van der Waals surface area contributed by atoms with Gasteiger partial charge in [-0.05, 0) is 55.5 Å². The van der Waals surface area contributed by atoms with Crippen LogP contribution in [-0.4, -0.2) is 40.9 Å². The summed E-state index contributed by atoms with van der Waals surface area (Å²) in [5, 5.41) is 3.06. The molecule has 178 valence electrons. The fourth-order valence-corrected chi connectivity index (χ4v) is 4.74. The number of halogens is 1. The van der Waals surface area contributed by atoms with Gasteiger partial charge in [-0.15, -0.1) is 0 Å². The van der Waals surface area contributed by atoms with Crippen LogP contribution in [0, 0.1) is 0 Å². The molecule has 1 amide bonds. The van der Waals surface area contributed by atoms with E-state index in [4.69, 9.17) is 21.1 Å². The number of rotatable bonds is 9. The summed E-state index contributed by atoms with van der Waals surface area (Å²) in [6, 6.07) is 16.6. The molecule has 0 heterocycles. The van der Waals surface area contributed by atoms with E-state index in [1.807, 2.05) is 0 Å². The molecule has 8 nitrogen and oxygen atoms in total. The first-order valence-corrected chi connectivity index (χ1v) is 11.9. The second-order valence-electron chi connectivity index (χ2n) is 7.19. The van der Waals surface area contributed by atoms with Crippen LogP contribution in [0.1, 0.15) is 17.3 Å². The number of carbonyl (C=O) groups is 2. The molecule has 0 aliphatic carbocycles. The van der Waals surface area contributed by atoms with Gasteiger partial charge in [0, 0.05) is 22.3 Å². The van der Waals surface area contributed by atoms with Crippen molar-refractivity contribution in [3.05, 3.63) is 77.3 Å². The first kappa shape index (κ1) is 25.1. The Labute approximate surface area is 203 Å². The lowest BCUT2D eigenvalue weighted by Gasteiger charge is -2.24. The molecule has 0 unspecified atom stereocenters. The van der Waals surface area contributed by atoms with Crippen LogP contribution in [0.25, 0.3) is 0 Å². The Kier molecular flexibility index (Phi) is 7.80. The van der Waals surface area contributed by atoms with Gasteiger partial charge in [0.05, 0.1) is 24.8 Å². The zero-order valence-corrected chi connectivity index (χ0v) is 20.3. The van der Waals surface area contributed by atoms with Gasteiger partial charge in [0.25, 0.3) is 10.0 Å². The number of methoxy groups -OCH3 is 2. The van der Waals surface area contributed by atoms with Crippen molar-refractivity contribution in [2.45, 2.75) is 11.8 Å². The van der Waals surface area contributed by atoms with E-state index in [1.165, 1.54) is 69.7 Å². The van der Waals surface area contributed by atoms with Crippen molar-refractivity contribution in [2.24, 2.45) is 0 Å². The molecule has 1 N–H and O–H groups in total. The maximum Gasteiger partial charge on any atom is 0.264 e. The first-order valence-electron chi connectivity index (χ1n) is 10.1. The maximum atomic E-state index is 13.6. The molecule has 10 heteroatoms. The summed E-state index contributed by atoms with van der Waals surface area (Å²) >= 11 is 5.97. The Morgan fingerprint density at radius 1 is 0.941 bits per heavy atom. The zero-order valence-electron chi connectivity index (χ0n) is 18.7. The zero-order chi connectivity index (χ0) is 24.9. The highest BCUT2D eigenvalue weighted by Gasteiger charge is 2.28. The van der Waals surface area contributed by atoms with Crippen LogP contribution in [0.2, 0.25) is 5.02 Å². The van der Waals surface area contributed by atoms with E-state index in [0.717, 1.165) is 4.31 Å². The molecule has 0 bridgehead atoms. The van der Waals surface area contributed by atoms with Gasteiger partial charge in [0.15, 0.2) is 17.3 Å². The molecule has 0 aliphatic heterocycles. The van der Waals surface area contributed by atoms with Crippen molar-refractivity contribution in [3.63, 3.8) is 0 Å². The smallest absolute Gasteiger partial charge is 0.264 e. The number of anilines is 2. The number of sulfonamides is 1. The lowest BCUT2D eigenvalue weighted by Crippen LogP contribution is -2.38. The molecule has 34 heavy (non-hydrogen) atoms. The number of ketones is 1. The lowest BCUT2D eigenvalue weighted by molar-refractivity contribution is -0.114. The van der Waals surface area contributed by atoms with E-state index in [-0.39, 0.29) is 22.1 Å². The molecule has 0 spiro atoms. The van der Waals surface area contributed by atoms with Gasteiger partial charge in [0.2, 0.25) is 5.91 Å². The number of nitrogens with one attached hydrogen (secondary N) is 1. The monoisotopic (exact) mass is 502 g/mol.